The van der Waals surface area contributed by atoms with Gasteiger partial charge in [-0.15, -0.1) is 0 Å². The highest BCUT2D eigenvalue weighted by molar-refractivity contribution is 6.31. The summed E-state index contributed by atoms with van der Waals surface area (Å²) in [5, 5.41) is 7.21. The van der Waals surface area contributed by atoms with Crippen LogP contribution in [0.1, 0.15) is 31.2 Å². The Morgan fingerprint density at radius 3 is 2.56 bits per heavy atom. The molecule has 0 radical (unpaired) electrons. The van der Waals surface area contributed by atoms with Crippen LogP contribution in [0.5, 0.6) is 0 Å². The number of rotatable bonds is 5. The second-order valence-electron chi connectivity index (χ2n) is 7.00. The molecule has 1 aromatic rings. The number of piperidine rings is 1. The second kappa shape index (κ2) is 8.04. The molecule has 2 saturated heterocycles. The number of hydrogen-bond acceptors (Lipinski definition) is 4. The molecule has 138 valence electrons. The largest absolute Gasteiger partial charge is 0.381 e. The number of halogens is 1. The second-order valence-corrected chi connectivity index (χ2v) is 7.41. The average Bonchev–Trinajstić information content (AvgIpc) is 2.67. The van der Waals surface area contributed by atoms with Gasteiger partial charge in [-0.25, -0.2) is 0 Å². The van der Waals surface area contributed by atoms with Gasteiger partial charge in [0, 0.05) is 37.3 Å². The highest BCUT2D eigenvalue weighted by atomic mass is 35.5. The Kier molecular flexibility index (Phi) is 6.00. The third-order valence-electron chi connectivity index (χ3n) is 5.70. The predicted molar refractivity (Wildman–Crippen MR) is 98.0 cm³/mol. The van der Waals surface area contributed by atoms with Crippen molar-refractivity contribution in [3.63, 3.8) is 0 Å². The van der Waals surface area contributed by atoms with E-state index in [2.05, 4.69) is 16.7 Å². The van der Waals surface area contributed by atoms with E-state index >= 15 is 0 Å². The van der Waals surface area contributed by atoms with E-state index in [1.54, 1.807) is 7.11 Å². The molecule has 0 aliphatic carbocycles. The van der Waals surface area contributed by atoms with Crippen molar-refractivity contribution in [3.8, 4) is 0 Å². The zero-order valence-corrected chi connectivity index (χ0v) is 15.5. The summed E-state index contributed by atoms with van der Waals surface area (Å²) in [4.78, 5) is 12.9. The fourth-order valence-corrected chi connectivity index (χ4v) is 4.30. The highest BCUT2D eigenvalue weighted by Gasteiger charge is 2.42. The molecule has 0 atom stereocenters. The van der Waals surface area contributed by atoms with Gasteiger partial charge in [-0.3, -0.25) is 4.79 Å². The first-order valence-electron chi connectivity index (χ1n) is 8.99. The van der Waals surface area contributed by atoms with Crippen LogP contribution in [-0.4, -0.2) is 51.5 Å². The normalized spacial score (nSPS) is 22.3. The van der Waals surface area contributed by atoms with Crippen LogP contribution in [0.15, 0.2) is 24.3 Å². The fourth-order valence-electron chi connectivity index (χ4n) is 3.96. The Labute approximate surface area is 154 Å². The lowest BCUT2D eigenvalue weighted by atomic mass is 9.74. The molecule has 3 rings (SSSR count). The van der Waals surface area contributed by atoms with Crippen LogP contribution in [-0.2, 0) is 19.7 Å². The number of hydrogen-bond donors (Lipinski definition) is 2. The van der Waals surface area contributed by atoms with Gasteiger partial charge in [0.2, 0.25) is 0 Å². The summed E-state index contributed by atoms with van der Waals surface area (Å²) in [6.45, 7) is 3.51. The molecule has 1 amide bonds. The summed E-state index contributed by atoms with van der Waals surface area (Å²) in [7, 11) is 1.63. The standard InChI is InChI=1S/C19H27ClN2O3/c1-24-19(6-10-21-11-7-19)17(23)22-14-18(8-12-25-13-9-18)15-4-2-3-5-16(15)20/h2-5,21H,6-14H2,1H3,(H,22,23). The Morgan fingerprint density at radius 2 is 1.92 bits per heavy atom. The van der Waals surface area contributed by atoms with Crippen LogP contribution in [0.4, 0.5) is 0 Å². The van der Waals surface area contributed by atoms with E-state index in [1.165, 1.54) is 0 Å². The first-order chi connectivity index (χ1) is 12.1. The van der Waals surface area contributed by atoms with E-state index in [9.17, 15) is 4.79 Å². The minimum absolute atomic E-state index is 0.0191. The Balaban J connectivity index is 1.77. The van der Waals surface area contributed by atoms with E-state index in [-0.39, 0.29) is 11.3 Å². The lowest BCUT2D eigenvalue weighted by Gasteiger charge is -2.40. The minimum Gasteiger partial charge on any atom is -0.381 e. The van der Waals surface area contributed by atoms with Gasteiger partial charge < -0.3 is 20.1 Å². The van der Waals surface area contributed by atoms with Crippen LogP contribution in [0.25, 0.3) is 0 Å². The quantitative estimate of drug-likeness (QED) is 0.839. The van der Waals surface area contributed by atoms with Crippen molar-refractivity contribution >= 4 is 17.5 Å². The molecule has 2 heterocycles. The highest BCUT2D eigenvalue weighted by Crippen LogP contribution is 2.38. The van der Waals surface area contributed by atoms with Crippen molar-refractivity contribution in [2.24, 2.45) is 0 Å². The van der Waals surface area contributed by atoms with Crippen LogP contribution < -0.4 is 10.6 Å². The lowest BCUT2D eigenvalue weighted by molar-refractivity contribution is -0.147. The molecular weight excluding hydrogens is 340 g/mol. The summed E-state index contributed by atoms with van der Waals surface area (Å²) in [5.74, 6) is -0.0191. The molecule has 2 aliphatic rings. The van der Waals surface area contributed by atoms with Gasteiger partial charge in [0.15, 0.2) is 0 Å². The Morgan fingerprint density at radius 1 is 1.24 bits per heavy atom. The smallest absolute Gasteiger partial charge is 0.252 e. The van der Waals surface area contributed by atoms with E-state index in [4.69, 9.17) is 21.1 Å². The van der Waals surface area contributed by atoms with Crippen molar-refractivity contribution in [2.45, 2.75) is 36.7 Å². The maximum atomic E-state index is 12.9. The maximum absolute atomic E-state index is 12.9. The van der Waals surface area contributed by atoms with Crippen LogP contribution in [0.3, 0.4) is 0 Å². The average molecular weight is 367 g/mol. The summed E-state index contributed by atoms with van der Waals surface area (Å²) < 4.78 is 11.2. The molecule has 2 aliphatic heterocycles. The topological polar surface area (TPSA) is 59.6 Å². The van der Waals surface area contributed by atoms with Gasteiger partial charge in [-0.05, 0) is 50.4 Å². The predicted octanol–water partition coefficient (Wildman–Crippen LogP) is 2.27. The Bertz CT molecular complexity index is 596. The monoisotopic (exact) mass is 366 g/mol. The van der Waals surface area contributed by atoms with Crippen molar-refractivity contribution in [2.75, 3.05) is 40.0 Å². The van der Waals surface area contributed by atoms with Gasteiger partial charge in [0.05, 0.1) is 0 Å². The van der Waals surface area contributed by atoms with E-state index in [0.717, 1.165) is 36.5 Å². The van der Waals surface area contributed by atoms with E-state index in [0.29, 0.717) is 32.6 Å². The number of nitrogens with one attached hydrogen (secondary N) is 2. The zero-order valence-electron chi connectivity index (χ0n) is 14.8. The first-order valence-corrected chi connectivity index (χ1v) is 9.37. The Hall–Kier alpha value is -1.14. The third-order valence-corrected chi connectivity index (χ3v) is 6.03. The SMILES string of the molecule is COC1(C(=O)NCC2(c3ccccc3Cl)CCOCC2)CCNCC1. The van der Waals surface area contributed by atoms with Gasteiger partial charge >= 0.3 is 0 Å². The van der Waals surface area contributed by atoms with Crippen LogP contribution in [0.2, 0.25) is 5.02 Å². The molecule has 1 aromatic carbocycles. The van der Waals surface area contributed by atoms with Crippen LogP contribution in [0, 0.1) is 0 Å². The molecule has 2 fully saturated rings. The fraction of sp³-hybridized carbons (Fsp3) is 0.632. The summed E-state index contributed by atoms with van der Waals surface area (Å²) in [5.41, 5.74) is 0.184. The third kappa shape index (κ3) is 3.85. The number of amides is 1. The summed E-state index contributed by atoms with van der Waals surface area (Å²) in [6, 6.07) is 7.92. The molecule has 2 N–H and O–H groups in total. The van der Waals surface area contributed by atoms with Gasteiger partial charge in [-0.1, -0.05) is 29.8 Å². The van der Waals surface area contributed by atoms with Gasteiger partial charge in [0.25, 0.3) is 5.91 Å². The summed E-state index contributed by atoms with van der Waals surface area (Å²) in [6.07, 6.45) is 3.08. The molecule has 0 saturated carbocycles. The van der Waals surface area contributed by atoms with Crippen molar-refractivity contribution in [1.82, 2.24) is 10.6 Å². The maximum Gasteiger partial charge on any atom is 0.252 e. The van der Waals surface area contributed by atoms with E-state index < -0.39 is 5.60 Å². The number of benzene rings is 1. The van der Waals surface area contributed by atoms with E-state index in [1.807, 2.05) is 18.2 Å². The molecule has 6 heteroatoms. The zero-order chi connectivity index (χ0) is 17.8. The van der Waals surface area contributed by atoms with Crippen LogP contribution >= 0.6 is 11.6 Å². The van der Waals surface area contributed by atoms with Gasteiger partial charge in [-0.2, -0.15) is 0 Å². The molecule has 5 nitrogen and oxygen atoms in total. The first kappa shape index (κ1) is 18.6. The number of ether oxygens (including phenoxy) is 2. The number of carbonyl (C=O) groups excluding carboxylic acids is 1. The molecular formula is C19H27ClN2O3. The van der Waals surface area contributed by atoms with Crippen molar-refractivity contribution in [3.05, 3.63) is 34.9 Å². The lowest BCUT2D eigenvalue weighted by Crippen LogP contribution is -2.56. The van der Waals surface area contributed by atoms with Gasteiger partial charge in [0.1, 0.15) is 5.60 Å². The minimum atomic E-state index is -0.724. The number of methoxy groups -OCH3 is 1. The molecule has 0 unspecified atom stereocenters. The molecule has 0 bridgehead atoms. The van der Waals surface area contributed by atoms with Crippen molar-refractivity contribution < 1.29 is 14.3 Å². The molecule has 0 spiro atoms. The number of carbonyl (C=O) groups is 1. The molecule has 0 aromatic heterocycles. The molecule has 25 heavy (non-hydrogen) atoms. The van der Waals surface area contributed by atoms with Crippen molar-refractivity contribution in [1.29, 1.82) is 0 Å². The summed E-state index contributed by atoms with van der Waals surface area (Å²) >= 11 is 6.48.